The van der Waals surface area contributed by atoms with Gasteiger partial charge in [-0.3, -0.25) is 0 Å². The Morgan fingerprint density at radius 1 is 1.39 bits per heavy atom. The Bertz CT molecular complexity index is 416. The Labute approximate surface area is 106 Å². The van der Waals surface area contributed by atoms with E-state index in [9.17, 15) is 15.0 Å². The van der Waals surface area contributed by atoms with Gasteiger partial charge in [0.2, 0.25) is 0 Å². The SMILES string of the molecule is CCOC(=O)C(O)C(O)c1cc(CO)ccc1C. The monoisotopic (exact) mass is 254 g/mol. The fourth-order valence-electron chi connectivity index (χ4n) is 1.63. The van der Waals surface area contributed by atoms with Crippen molar-refractivity contribution in [3.63, 3.8) is 0 Å². The van der Waals surface area contributed by atoms with Crippen molar-refractivity contribution >= 4 is 5.97 Å². The minimum Gasteiger partial charge on any atom is -0.464 e. The second-order valence-corrected chi connectivity index (χ2v) is 3.99. The topological polar surface area (TPSA) is 87.0 Å². The molecule has 0 aliphatic heterocycles. The summed E-state index contributed by atoms with van der Waals surface area (Å²) in [6.07, 6.45) is -2.99. The third kappa shape index (κ3) is 3.29. The average Bonchev–Trinajstić information content (AvgIpc) is 2.38. The van der Waals surface area contributed by atoms with E-state index in [4.69, 9.17) is 5.11 Å². The van der Waals surface area contributed by atoms with Gasteiger partial charge in [-0.25, -0.2) is 4.79 Å². The molecule has 0 spiro atoms. The molecular formula is C13H18O5. The van der Waals surface area contributed by atoms with Crippen LogP contribution in [0.3, 0.4) is 0 Å². The van der Waals surface area contributed by atoms with Gasteiger partial charge in [0.1, 0.15) is 6.10 Å². The summed E-state index contributed by atoms with van der Waals surface area (Å²) >= 11 is 0. The van der Waals surface area contributed by atoms with Crippen molar-refractivity contribution < 1.29 is 24.9 Å². The van der Waals surface area contributed by atoms with Gasteiger partial charge >= 0.3 is 5.97 Å². The van der Waals surface area contributed by atoms with Crippen LogP contribution in [0, 0.1) is 6.92 Å². The molecule has 18 heavy (non-hydrogen) atoms. The van der Waals surface area contributed by atoms with Gasteiger partial charge in [-0.2, -0.15) is 0 Å². The first kappa shape index (κ1) is 14.6. The average molecular weight is 254 g/mol. The molecule has 2 unspecified atom stereocenters. The highest BCUT2D eigenvalue weighted by molar-refractivity contribution is 5.75. The van der Waals surface area contributed by atoms with Crippen LogP contribution in [0.1, 0.15) is 29.7 Å². The Morgan fingerprint density at radius 2 is 2.06 bits per heavy atom. The molecule has 5 heteroatoms. The summed E-state index contributed by atoms with van der Waals surface area (Å²) in [7, 11) is 0. The molecular weight excluding hydrogens is 236 g/mol. The van der Waals surface area contributed by atoms with E-state index in [0.29, 0.717) is 11.1 Å². The van der Waals surface area contributed by atoms with Crippen molar-refractivity contribution in [3.05, 3.63) is 34.9 Å². The predicted molar refractivity (Wildman–Crippen MR) is 64.7 cm³/mol. The van der Waals surface area contributed by atoms with E-state index in [1.165, 1.54) is 0 Å². The first-order valence-electron chi connectivity index (χ1n) is 5.74. The minimum absolute atomic E-state index is 0.137. The largest absolute Gasteiger partial charge is 0.464 e. The molecule has 100 valence electrons. The predicted octanol–water partition coefficient (Wildman–Crippen LogP) is 0.445. The summed E-state index contributed by atoms with van der Waals surface area (Å²) in [5.41, 5.74) is 1.73. The summed E-state index contributed by atoms with van der Waals surface area (Å²) in [5, 5.41) is 28.7. The molecule has 0 aliphatic rings. The molecule has 1 aromatic carbocycles. The lowest BCUT2D eigenvalue weighted by molar-refractivity contribution is -0.159. The molecule has 1 aromatic rings. The lowest BCUT2D eigenvalue weighted by atomic mass is 9.97. The molecule has 3 N–H and O–H groups in total. The number of esters is 1. The zero-order valence-electron chi connectivity index (χ0n) is 10.5. The van der Waals surface area contributed by atoms with Crippen LogP contribution in [-0.2, 0) is 16.1 Å². The van der Waals surface area contributed by atoms with Crippen LogP contribution in [0.15, 0.2) is 18.2 Å². The maximum Gasteiger partial charge on any atom is 0.338 e. The van der Waals surface area contributed by atoms with E-state index in [2.05, 4.69) is 4.74 Å². The third-order valence-corrected chi connectivity index (χ3v) is 2.67. The third-order valence-electron chi connectivity index (χ3n) is 2.67. The Balaban J connectivity index is 2.95. The van der Waals surface area contributed by atoms with Crippen molar-refractivity contribution in [1.29, 1.82) is 0 Å². The molecule has 0 bridgehead atoms. The van der Waals surface area contributed by atoms with E-state index in [1.54, 1.807) is 32.0 Å². The number of aryl methyl sites for hydroxylation is 1. The van der Waals surface area contributed by atoms with Crippen LogP contribution in [0.2, 0.25) is 0 Å². The van der Waals surface area contributed by atoms with E-state index in [0.717, 1.165) is 5.56 Å². The van der Waals surface area contributed by atoms with E-state index in [-0.39, 0.29) is 13.2 Å². The van der Waals surface area contributed by atoms with Crippen molar-refractivity contribution in [2.45, 2.75) is 32.7 Å². The number of ether oxygens (including phenoxy) is 1. The van der Waals surface area contributed by atoms with Crippen LogP contribution >= 0.6 is 0 Å². The van der Waals surface area contributed by atoms with Crippen LogP contribution in [-0.4, -0.2) is 34.0 Å². The van der Waals surface area contributed by atoms with Crippen LogP contribution in [0.4, 0.5) is 0 Å². The van der Waals surface area contributed by atoms with Gasteiger partial charge in [-0.1, -0.05) is 18.2 Å². The lowest BCUT2D eigenvalue weighted by Crippen LogP contribution is -2.30. The van der Waals surface area contributed by atoms with Crippen molar-refractivity contribution in [3.8, 4) is 0 Å². The highest BCUT2D eigenvalue weighted by Gasteiger charge is 2.28. The number of carbonyl (C=O) groups excluding carboxylic acids is 1. The van der Waals surface area contributed by atoms with Gasteiger partial charge in [0.25, 0.3) is 0 Å². The summed E-state index contributed by atoms with van der Waals surface area (Å²) in [6.45, 7) is 3.33. The minimum atomic E-state index is -1.63. The molecule has 0 saturated carbocycles. The maximum absolute atomic E-state index is 11.3. The molecule has 1 rings (SSSR count). The normalized spacial score (nSPS) is 14.1. The molecule has 0 aliphatic carbocycles. The van der Waals surface area contributed by atoms with Gasteiger partial charge in [0.05, 0.1) is 13.2 Å². The van der Waals surface area contributed by atoms with Gasteiger partial charge in [-0.05, 0) is 30.5 Å². The van der Waals surface area contributed by atoms with Crippen molar-refractivity contribution in [2.75, 3.05) is 6.61 Å². The summed E-state index contributed by atoms with van der Waals surface area (Å²) < 4.78 is 4.64. The quantitative estimate of drug-likeness (QED) is 0.664. The van der Waals surface area contributed by atoms with Crippen molar-refractivity contribution in [2.24, 2.45) is 0 Å². The molecule has 0 heterocycles. The first-order chi connectivity index (χ1) is 8.51. The van der Waals surface area contributed by atoms with Gasteiger partial charge in [-0.15, -0.1) is 0 Å². The number of hydrogen-bond acceptors (Lipinski definition) is 5. The Hall–Kier alpha value is -1.43. The van der Waals surface area contributed by atoms with Gasteiger partial charge < -0.3 is 20.1 Å². The van der Waals surface area contributed by atoms with Crippen LogP contribution in [0.5, 0.6) is 0 Å². The highest BCUT2D eigenvalue weighted by atomic mass is 16.5. The summed E-state index contributed by atoms with van der Waals surface area (Å²) in [4.78, 5) is 11.3. The number of benzene rings is 1. The summed E-state index contributed by atoms with van der Waals surface area (Å²) in [6, 6.07) is 4.98. The van der Waals surface area contributed by atoms with Gasteiger partial charge in [0, 0.05) is 0 Å². The van der Waals surface area contributed by atoms with Crippen LogP contribution in [0.25, 0.3) is 0 Å². The summed E-state index contributed by atoms with van der Waals surface area (Å²) in [5.74, 6) is -0.862. The van der Waals surface area contributed by atoms with E-state index in [1.807, 2.05) is 0 Å². The zero-order chi connectivity index (χ0) is 13.7. The molecule has 0 aromatic heterocycles. The van der Waals surface area contributed by atoms with Crippen LogP contribution < -0.4 is 0 Å². The fourth-order valence-corrected chi connectivity index (χ4v) is 1.63. The Kier molecular flexibility index (Phi) is 5.27. The highest BCUT2D eigenvalue weighted by Crippen LogP contribution is 2.23. The lowest BCUT2D eigenvalue weighted by Gasteiger charge is -2.19. The molecule has 5 nitrogen and oxygen atoms in total. The maximum atomic E-state index is 11.3. The van der Waals surface area contributed by atoms with E-state index >= 15 is 0 Å². The second kappa shape index (κ2) is 6.49. The molecule has 2 atom stereocenters. The standard InChI is InChI=1S/C13H18O5/c1-3-18-13(17)12(16)11(15)10-6-9(7-14)5-4-8(10)2/h4-6,11-12,14-16H,3,7H2,1-2H3. The Morgan fingerprint density at radius 3 is 2.61 bits per heavy atom. The van der Waals surface area contributed by atoms with Gasteiger partial charge in [0.15, 0.2) is 6.10 Å². The zero-order valence-corrected chi connectivity index (χ0v) is 10.5. The number of hydrogen-bond donors (Lipinski definition) is 3. The number of carbonyl (C=O) groups is 1. The molecule has 0 fully saturated rings. The molecule has 0 amide bonds. The van der Waals surface area contributed by atoms with Crippen molar-refractivity contribution in [1.82, 2.24) is 0 Å². The molecule has 0 saturated heterocycles. The molecule has 0 radical (unpaired) electrons. The smallest absolute Gasteiger partial charge is 0.338 e. The first-order valence-corrected chi connectivity index (χ1v) is 5.74. The second-order valence-electron chi connectivity index (χ2n) is 3.99. The number of rotatable bonds is 5. The van der Waals surface area contributed by atoms with E-state index < -0.39 is 18.2 Å². The fraction of sp³-hybridized carbons (Fsp3) is 0.462. The number of aliphatic hydroxyl groups is 3. The number of aliphatic hydroxyl groups excluding tert-OH is 3.